The highest BCUT2D eigenvalue weighted by atomic mass is 16.8. The Labute approximate surface area is 139 Å². The van der Waals surface area contributed by atoms with Gasteiger partial charge in [-0.3, -0.25) is 15.8 Å². The number of nitrogens with one attached hydrogen (secondary N) is 1. The average Bonchev–Trinajstić information content (AvgIpc) is 2.56. The molecule has 0 aliphatic heterocycles. The zero-order valence-electron chi connectivity index (χ0n) is 13.1. The number of hydrogen-bond acceptors (Lipinski definition) is 8. The molecular weight excluding hydrogens is 312 g/mol. The van der Waals surface area contributed by atoms with Gasteiger partial charge in [0.15, 0.2) is 0 Å². The number of hydrogen-bond donors (Lipinski definition) is 3. The van der Waals surface area contributed by atoms with Crippen LogP contribution in [0.5, 0.6) is 0 Å². The molecule has 24 heavy (non-hydrogen) atoms. The SMILES string of the molecule is CCCc1ccccc1C=NNc1ccc(N([O-])[O-])cc1N(O)O. The molecule has 0 spiro atoms. The van der Waals surface area contributed by atoms with Gasteiger partial charge in [0.25, 0.3) is 0 Å². The van der Waals surface area contributed by atoms with Crippen LogP contribution in [0.15, 0.2) is 47.6 Å². The Hall–Kier alpha value is -2.65. The molecule has 2 aromatic rings. The molecule has 2 rings (SSSR count). The number of hydrazone groups is 1. The summed E-state index contributed by atoms with van der Waals surface area (Å²) in [6.07, 6.45) is 3.55. The molecule has 0 radical (unpaired) electrons. The van der Waals surface area contributed by atoms with Gasteiger partial charge >= 0.3 is 0 Å². The molecule has 0 aliphatic carbocycles. The van der Waals surface area contributed by atoms with Crippen LogP contribution in [0.4, 0.5) is 17.1 Å². The fourth-order valence-electron chi connectivity index (χ4n) is 2.22. The smallest absolute Gasteiger partial charge is 0.121 e. The van der Waals surface area contributed by atoms with E-state index < -0.39 is 5.23 Å². The van der Waals surface area contributed by atoms with Crippen molar-refractivity contribution in [1.29, 1.82) is 0 Å². The van der Waals surface area contributed by atoms with Crippen molar-refractivity contribution in [2.24, 2.45) is 5.10 Å². The van der Waals surface area contributed by atoms with Gasteiger partial charge in [0, 0.05) is 5.69 Å². The third-order valence-corrected chi connectivity index (χ3v) is 3.37. The molecule has 8 heteroatoms. The summed E-state index contributed by atoms with van der Waals surface area (Å²) in [4.78, 5) is 0. The molecule has 0 amide bonds. The predicted octanol–water partition coefficient (Wildman–Crippen LogP) is 3.47. The molecule has 8 nitrogen and oxygen atoms in total. The molecule has 2 aromatic carbocycles. The maximum absolute atomic E-state index is 10.8. The molecule has 0 unspecified atom stereocenters. The molecule has 0 saturated carbocycles. The summed E-state index contributed by atoms with van der Waals surface area (Å²) in [6, 6.07) is 11.4. The number of anilines is 3. The third-order valence-electron chi connectivity index (χ3n) is 3.37. The molecule has 0 aliphatic rings. The minimum absolute atomic E-state index is 0.178. The highest BCUT2D eigenvalue weighted by Gasteiger charge is 2.08. The summed E-state index contributed by atoms with van der Waals surface area (Å²) >= 11 is 0. The Morgan fingerprint density at radius 3 is 2.58 bits per heavy atom. The van der Waals surface area contributed by atoms with E-state index in [0.29, 0.717) is 0 Å². The van der Waals surface area contributed by atoms with Crippen LogP contribution in [0, 0.1) is 10.4 Å². The second-order valence-electron chi connectivity index (χ2n) is 5.07. The lowest BCUT2D eigenvalue weighted by molar-refractivity contribution is 0.0295. The predicted molar refractivity (Wildman–Crippen MR) is 93.4 cm³/mol. The average molecular weight is 330 g/mol. The Balaban J connectivity index is 2.20. The number of nitrogens with zero attached hydrogens (tertiary/aromatic N) is 3. The highest BCUT2D eigenvalue weighted by molar-refractivity contribution is 5.83. The standard InChI is InChI=1S/C16H18N4O4/c1-2-5-12-6-3-4-7-13(12)11-17-18-15-9-8-14(19(21)22)10-16(15)20(23)24/h3-4,6-11,18,23-24H,2,5H2,1H3/q-2. The summed E-state index contributed by atoms with van der Waals surface area (Å²) in [6.45, 7) is 2.09. The molecule has 0 atom stereocenters. The van der Waals surface area contributed by atoms with E-state index >= 15 is 0 Å². The van der Waals surface area contributed by atoms with Crippen molar-refractivity contribution >= 4 is 23.3 Å². The van der Waals surface area contributed by atoms with Gasteiger partial charge in [-0.25, -0.2) is 0 Å². The van der Waals surface area contributed by atoms with Crippen LogP contribution in [0.25, 0.3) is 0 Å². The minimum Gasteiger partial charge on any atom is -0.769 e. The van der Waals surface area contributed by atoms with Crippen molar-refractivity contribution < 1.29 is 10.4 Å². The fourth-order valence-corrected chi connectivity index (χ4v) is 2.22. The van der Waals surface area contributed by atoms with Crippen LogP contribution in [0.3, 0.4) is 0 Å². The van der Waals surface area contributed by atoms with E-state index in [-0.39, 0.29) is 22.3 Å². The second-order valence-corrected chi connectivity index (χ2v) is 5.07. The molecule has 0 saturated heterocycles. The molecule has 0 aromatic heterocycles. The summed E-state index contributed by atoms with van der Waals surface area (Å²) in [5.74, 6) is 0. The monoisotopic (exact) mass is 330 g/mol. The molecule has 128 valence electrons. The van der Waals surface area contributed by atoms with Gasteiger partial charge in [0.2, 0.25) is 0 Å². The Kier molecular flexibility index (Phi) is 6.10. The van der Waals surface area contributed by atoms with E-state index in [0.717, 1.165) is 30.0 Å². The van der Waals surface area contributed by atoms with E-state index in [1.165, 1.54) is 12.1 Å². The number of benzene rings is 2. The van der Waals surface area contributed by atoms with E-state index in [4.69, 9.17) is 0 Å². The second kappa shape index (κ2) is 8.27. The largest absolute Gasteiger partial charge is 0.769 e. The first-order valence-corrected chi connectivity index (χ1v) is 7.36. The van der Waals surface area contributed by atoms with Gasteiger partial charge in [-0.1, -0.05) is 37.6 Å². The summed E-state index contributed by atoms with van der Waals surface area (Å²) < 4.78 is 0. The number of aryl methyl sites for hydroxylation is 1. The van der Waals surface area contributed by atoms with Crippen molar-refractivity contribution in [3.63, 3.8) is 0 Å². The van der Waals surface area contributed by atoms with E-state index in [9.17, 15) is 20.8 Å². The third kappa shape index (κ3) is 4.43. The zero-order valence-corrected chi connectivity index (χ0v) is 13.1. The summed E-state index contributed by atoms with van der Waals surface area (Å²) in [7, 11) is 0. The van der Waals surface area contributed by atoms with Crippen molar-refractivity contribution in [3.8, 4) is 0 Å². The first kappa shape index (κ1) is 17.7. The first-order valence-electron chi connectivity index (χ1n) is 7.36. The molecule has 0 bridgehead atoms. The lowest BCUT2D eigenvalue weighted by atomic mass is 10.0. The van der Waals surface area contributed by atoms with Gasteiger partial charge in [-0.15, -0.1) is 5.23 Å². The van der Waals surface area contributed by atoms with Gasteiger partial charge in [-0.2, -0.15) is 5.10 Å². The highest BCUT2D eigenvalue weighted by Crippen LogP contribution is 2.29. The van der Waals surface area contributed by atoms with E-state index in [2.05, 4.69) is 17.5 Å². The Morgan fingerprint density at radius 2 is 1.92 bits per heavy atom. The van der Waals surface area contributed by atoms with Gasteiger partial charge in [-0.05, 0) is 35.7 Å². The molecule has 3 N–H and O–H groups in total. The van der Waals surface area contributed by atoms with Gasteiger partial charge in [0.05, 0.1) is 11.9 Å². The van der Waals surface area contributed by atoms with Crippen LogP contribution in [0.2, 0.25) is 0 Å². The van der Waals surface area contributed by atoms with Crippen LogP contribution in [-0.2, 0) is 6.42 Å². The van der Waals surface area contributed by atoms with Crippen molar-refractivity contribution in [1.82, 2.24) is 0 Å². The van der Waals surface area contributed by atoms with Crippen molar-refractivity contribution in [3.05, 3.63) is 64.0 Å². The van der Waals surface area contributed by atoms with E-state index in [1.807, 2.05) is 24.3 Å². The molecule has 0 fully saturated rings. The van der Waals surface area contributed by atoms with Crippen LogP contribution >= 0.6 is 0 Å². The van der Waals surface area contributed by atoms with Crippen LogP contribution < -0.4 is 15.9 Å². The van der Waals surface area contributed by atoms with E-state index in [1.54, 1.807) is 6.21 Å². The fraction of sp³-hybridized carbons (Fsp3) is 0.188. The summed E-state index contributed by atoms with van der Waals surface area (Å²) in [5.41, 5.74) is 4.54. The lowest BCUT2D eigenvalue weighted by Crippen LogP contribution is -2.14. The van der Waals surface area contributed by atoms with Crippen molar-refractivity contribution in [2.45, 2.75) is 19.8 Å². The lowest BCUT2D eigenvalue weighted by Gasteiger charge is -2.37. The quantitative estimate of drug-likeness (QED) is 0.525. The van der Waals surface area contributed by atoms with Crippen LogP contribution in [-0.4, -0.2) is 16.6 Å². The first-order chi connectivity index (χ1) is 11.5. The topological polar surface area (TPSA) is 117 Å². The Morgan fingerprint density at radius 1 is 1.17 bits per heavy atom. The van der Waals surface area contributed by atoms with Gasteiger partial charge < -0.3 is 15.6 Å². The maximum atomic E-state index is 10.8. The number of rotatable bonds is 7. The summed E-state index contributed by atoms with van der Waals surface area (Å²) in [5, 5.41) is 43.2. The van der Waals surface area contributed by atoms with Crippen LogP contribution in [0.1, 0.15) is 24.5 Å². The van der Waals surface area contributed by atoms with Gasteiger partial charge in [0.1, 0.15) is 5.69 Å². The Bertz CT molecular complexity index is 704. The normalized spacial score (nSPS) is 10.9. The maximum Gasteiger partial charge on any atom is 0.121 e. The molecular formula is C16H18N4O4-2. The zero-order chi connectivity index (χ0) is 17.5. The molecule has 0 heterocycles. The minimum atomic E-state index is -0.624. The van der Waals surface area contributed by atoms with Crippen molar-refractivity contribution in [2.75, 3.05) is 15.9 Å².